The lowest BCUT2D eigenvalue weighted by atomic mass is 9.98. The van der Waals surface area contributed by atoms with E-state index in [0.29, 0.717) is 34.6 Å². The van der Waals surface area contributed by atoms with E-state index in [4.69, 9.17) is 22.7 Å². The van der Waals surface area contributed by atoms with Crippen LogP contribution in [0, 0.1) is 11.2 Å². The molecule has 0 spiro atoms. The van der Waals surface area contributed by atoms with Gasteiger partial charge >= 0.3 is 0 Å². The van der Waals surface area contributed by atoms with Gasteiger partial charge in [-0.1, -0.05) is 42.4 Å². The van der Waals surface area contributed by atoms with E-state index in [2.05, 4.69) is 32.8 Å². The van der Waals surface area contributed by atoms with Crippen molar-refractivity contribution in [1.29, 1.82) is 5.41 Å². The summed E-state index contributed by atoms with van der Waals surface area (Å²) < 4.78 is 13.7. The zero-order valence-electron chi connectivity index (χ0n) is 17.8. The predicted molar refractivity (Wildman–Crippen MR) is 131 cm³/mol. The van der Waals surface area contributed by atoms with Crippen LogP contribution in [0.15, 0.2) is 61.1 Å². The maximum absolute atomic E-state index is 13.7. The molecule has 0 bridgehead atoms. The van der Waals surface area contributed by atoms with Crippen molar-refractivity contribution >= 4 is 40.7 Å². The van der Waals surface area contributed by atoms with Crippen LogP contribution in [0.25, 0.3) is 11.8 Å². The summed E-state index contributed by atoms with van der Waals surface area (Å²) in [5, 5.41) is 12.6. The molecule has 2 heterocycles. The van der Waals surface area contributed by atoms with Crippen LogP contribution in [-0.4, -0.2) is 33.2 Å². The van der Waals surface area contributed by atoms with Crippen LogP contribution in [0.5, 0.6) is 0 Å². The van der Waals surface area contributed by atoms with Crippen LogP contribution < -0.4 is 11.1 Å². The molecule has 0 atom stereocenters. The highest BCUT2D eigenvalue weighted by Crippen LogP contribution is 2.43. The van der Waals surface area contributed by atoms with Gasteiger partial charge in [-0.2, -0.15) is 0 Å². The van der Waals surface area contributed by atoms with Gasteiger partial charge in [0.2, 0.25) is 0 Å². The first-order valence-electron chi connectivity index (χ1n) is 10.6. The first-order chi connectivity index (χ1) is 15.9. The molecule has 166 valence electrons. The molecule has 0 saturated heterocycles. The first-order valence-corrected chi connectivity index (χ1v) is 11.0. The van der Waals surface area contributed by atoms with Crippen LogP contribution in [-0.2, 0) is 0 Å². The average molecular weight is 461 g/mol. The SMILES string of the molecule is C=C1c2c(Cl)cccc2C=C(CNc2ncnc(N)c2C(=N)c2cccc(F)c2)N1C1CC1. The summed E-state index contributed by atoms with van der Waals surface area (Å²) in [4.78, 5) is 10.6. The fourth-order valence-electron chi connectivity index (χ4n) is 4.17. The van der Waals surface area contributed by atoms with Crippen LogP contribution in [0.4, 0.5) is 16.0 Å². The zero-order chi connectivity index (χ0) is 23.1. The van der Waals surface area contributed by atoms with Gasteiger partial charge in [-0.05, 0) is 42.7 Å². The zero-order valence-corrected chi connectivity index (χ0v) is 18.5. The quantitative estimate of drug-likeness (QED) is 0.441. The van der Waals surface area contributed by atoms with Gasteiger partial charge in [0, 0.05) is 28.6 Å². The van der Waals surface area contributed by atoms with Gasteiger partial charge < -0.3 is 16.0 Å². The van der Waals surface area contributed by atoms with Crippen molar-refractivity contribution in [3.8, 4) is 0 Å². The number of halogens is 2. The molecule has 8 heteroatoms. The maximum Gasteiger partial charge on any atom is 0.141 e. The van der Waals surface area contributed by atoms with Gasteiger partial charge in [0.1, 0.15) is 23.8 Å². The summed E-state index contributed by atoms with van der Waals surface area (Å²) in [6.07, 6.45) is 5.63. The Morgan fingerprint density at radius 3 is 2.79 bits per heavy atom. The number of anilines is 2. The van der Waals surface area contributed by atoms with Crippen LogP contribution in [0.1, 0.15) is 35.1 Å². The molecule has 0 radical (unpaired) electrons. The fraction of sp³-hybridized carbons (Fsp3) is 0.160. The number of hydrogen-bond donors (Lipinski definition) is 3. The van der Waals surface area contributed by atoms with Crippen molar-refractivity contribution in [2.24, 2.45) is 0 Å². The highest BCUT2D eigenvalue weighted by atomic mass is 35.5. The Kier molecular flexibility index (Phi) is 5.34. The molecule has 1 fully saturated rings. The number of nitrogen functional groups attached to an aromatic ring is 1. The van der Waals surface area contributed by atoms with Crippen molar-refractivity contribution in [2.45, 2.75) is 18.9 Å². The van der Waals surface area contributed by atoms with E-state index in [1.54, 1.807) is 12.1 Å². The van der Waals surface area contributed by atoms with Crippen molar-refractivity contribution in [3.05, 3.63) is 94.2 Å². The van der Waals surface area contributed by atoms with E-state index < -0.39 is 5.82 Å². The van der Waals surface area contributed by atoms with Crippen LogP contribution in [0.2, 0.25) is 5.02 Å². The molecule has 0 unspecified atom stereocenters. The molecule has 1 aliphatic carbocycles. The smallest absolute Gasteiger partial charge is 0.141 e. The summed E-state index contributed by atoms with van der Waals surface area (Å²) in [6, 6.07) is 12.0. The lowest BCUT2D eigenvalue weighted by Gasteiger charge is -2.34. The molecule has 6 nitrogen and oxygen atoms in total. The molecule has 1 aromatic heterocycles. The summed E-state index contributed by atoms with van der Waals surface area (Å²) >= 11 is 6.48. The molecule has 1 saturated carbocycles. The molecular formula is C25H22ClFN6. The van der Waals surface area contributed by atoms with Crippen molar-refractivity contribution in [2.75, 3.05) is 17.6 Å². The number of rotatable bonds is 6. The number of nitrogens with one attached hydrogen (secondary N) is 2. The Morgan fingerprint density at radius 1 is 1.24 bits per heavy atom. The molecule has 4 N–H and O–H groups in total. The number of aromatic nitrogens is 2. The third kappa shape index (κ3) is 3.96. The molecule has 2 aliphatic rings. The fourth-order valence-corrected chi connectivity index (χ4v) is 4.47. The Bertz CT molecular complexity index is 1310. The second-order valence-electron chi connectivity index (χ2n) is 8.11. The van der Waals surface area contributed by atoms with E-state index >= 15 is 0 Å². The maximum atomic E-state index is 13.7. The standard InChI is InChI=1S/C25H22ClFN6/c1-14-21-15(4-3-7-20(21)26)11-19(33(14)18-8-9-18)12-30-25-22(24(29)31-13-32-25)23(28)16-5-2-6-17(27)10-16/h2-7,10-11,13,18,28H,1,8-9,12H2,(H3,29,30,31,32). The summed E-state index contributed by atoms with van der Waals surface area (Å²) in [6.45, 7) is 4.76. The van der Waals surface area contributed by atoms with Gasteiger partial charge in [-0.25, -0.2) is 14.4 Å². The third-order valence-corrected chi connectivity index (χ3v) is 6.16. The van der Waals surface area contributed by atoms with Crippen LogP contribution in [0.3, 0.4) is 0 Å². The minimum atomic E-state index is -0.426. The predicted octanol–water partition coefficient (Wildman–Crippen LogP) is 5.17. The molecule has 0 amide bonds. The van der Waals surface area contributed by atoms with Crippen molar-refractivity contribution < 1.29 is 4.39 Å². The molecule has 1 aliphatic heterocycles. The highest BCUT2D eigenvalue weighted by Gasteiger charge is 2.35. The highest BCUT2D eigenvalue weighted by molar-refractivity contribution is 6.32. The van der Waals surface area contributed by atoms with E-state index in [-0.39, 0.29) is 11.5 Å². The Labute approximate surface area is 196 Å². The average Bonchev–Trinajstić information content (AvgIpc) is 3.62. The Morgan fingerprint density at radius 2 is 2.03 bits per heavy atom. The molecule has 2 aromatic carbocycles. The minimum absolute atomic E-state index is 0.0494. The number of benzene rings is 2. The second kappa shape index (κ2) is 8.33. The molecular weight excluding hydrogens is 439 g/mol. The number of hydrogen-bond acceptors (Lipinski definition) is 6. The van der Waals surface area contributed by atoms with Gasteiger partial charge in [0.25, 0.3) is 0 Å². The van der Waals surface area contributed by atoms with Crippen molar-refractivity contribution in [3.63, 3.8) is 0 Å². The minimum Gasteiger partial charge on any atom is -0.383 e. The van der Waals surface area contributed by atoms with Crippen LogP contribution >= 0.6 is 11.6 Å². The van der Waals surface area contributed by atoms with Gasteiger partial charge in [-0.3, -0.25) is 5.41 Å². The summed E-state index contributed by atoms with van der Waals surface area (Å²) in [5.41, 5.74) is 10.8. The monoisotopic (exact) mass is 460 g/mol. The van der Waals surface area contributed by atoms with Crippen molar-refractivity contribution in [1.82, 2.24) is 14.9 Å². The molecule has 5 rings (SSSR count). The lowest BCUT2D eigenvalue weighted by molar-refractivity contribution is 0.475. The molecule has 3 aromatic rings. The molecule has 33 heavy (non-hydrogen) atoms. The number of fused-ring (bicyclic) bond motifs is 1. The first kappa shape index (κ1) is 21.2. The van der Waals surface area contributed by atoms with Gasteiger partial charge in [0.05, 0.1) is 22.8 Å². The second-order valence-corrected chi connectivity index (χ2v) is 8.52. The van der Waals surface area contributed by atoms with E-state index in [0.717, 1.165) is 35.4 Å². The van der Waals surface area contributed by atoms with E-state index in [1.807, 2.05) is 18.2 Å². The number of nitrogens with zero attached hydrogens (tertiary/aromatic N) is 3. The lowest BCUT2D eigenvalue weighted by Crippen LogP contribution is -2.30. The Hall–Kier alpha value is -3.71. The van der Waals surface area contributed by atoms with Gasteiger partial charge in [-0.15, -0.1) is 0 Å². The number of nitrogens with two attached hydrogens (primary N) is 1. The Balaban J connectivity index is 1.48. The topological polar surface area (TPSA) is 90.9 Å². The van der Waals surface area contributed by atoms with Gasteiger partial charge in [0.15, 0.2) is 0 Å². The largest absolute Gasteiger partial charge is 0.383 e. The normalized spacial score (nSPS) is 15.2. The summed E-state index contributed by atoms with van der Waals surface area (Å²) in [7, 11) is 0. The third-order valence-electron chi connectivity index (χ3n) is 5.85. The van der Waals surface area contributed by atoms with E-state index in [9.17, 15) is 4.39 Å². The van der Waals surface area contributed by atoms with E-state index in [1.165, 1.54) is 18.5 Å². The summed E-state index contributed by atoms with van der Waals surface area (Å²) in [5.74, 6) is 0.140.